The Balaban J connectivity index is 1.73. The van der Waals surface area contributed by atoms with Gasteiger partial charge in [-0.25, -0.2) is 0 Å². The molecule has 106 valence electrons. The van der Waals surface area contributed by atoms with Crippen LogP contribution in [-0.4, -0.2) is 24.4 Å². The van der Waals surface area contributed by atoms with Crippen LogP contribution in [0.3, 0.4) is 0 Å². The summed E-state index contributed by atoms with van der Waals surface area (Å²) in [5, 5.41) is 13.7. The van der Waals surface area contributed by atoms with E-state index in [-0.39, 0.29) is 6.61 Å². The van der Waals surface area contributed by atoms with E-state index in [0.717, 1.165) is 5.69 Å². The highest BCUT2D eigenvalue weighted by atomic mass is 127. The van der Waals surface area contributed by atoms with Gasteiger partial charge in [0.2, 0.25) is 0 Å². The van der Waals surface area contributed by atoms with E-state index in [1.807, 2.05) is 24.3 Å². The van der Waals surface area contributed by atoms with Crippen molar-refractivity contribution in [1.82, 2.24) is 0 Å². The van der Waals surface area contributed by atoms with Gasteiger partial charge in [0, 0.05) is 20.8 Å². The number of rotatable bonds is 6. The molecule has 0 amide bonds. The third-order valence-electron chi connectivity index (χ3n) is 2.64. The van der Waals surface area contributed by atoms with Crippen molar-refractivity contribution in [3.05, 3.63) is 57.1 Å². The molecule has 1 unspecified atom stereocenters. The minimum atomic E-state index is -0.579. The molecule has 0 saturated carbocycles. The molecule has 1 atom stereocenters. The van der Waals surface area contributed by atoms with Crippen molar-refractivity contribution >= 4 is 39.9 Å². The summed E-state index contributed by atoms with van der Waals surface area (Å²) in [5.41, 5.74) is 0.982. The predicted octanol–water partition coefficient (Wildman–Crippen LogP) is 3.80. The summed E-state index contributed by atoms with van der Waals surface area (Å²) in [5.74, 6) is 0.697. The molecular weight excluding hydrogens is 389 g/mol. The SMILES string of the molecule is OC(CNc1ccc(I)cc1)COc1ccc(Cl)cc1. The number of nitrogens with one attached hydrogen (secondary N) is 1. The second kappa shape index (κ2) is 7.71. The molecule has 0 saturated heterocycles. The van der Waals surface area contributed by atoms with E-state index in [2.05, 4.69) is 27.9 Å². The summed E-state index contributed by atoms with van der Waals surface area (Å²) < 4.78 is 6.66. The van der Waals surface area contributed by atoms with Gasteiger partial charge in [-0.3, -0.25) is 0 Å². The summed E-state index contributed by atoms with van der Waals surface area (Å²) in [6.07, 6.45) is -0.579. The number of benzene rings is 2. The molecule has 0 heterocycles. The largest absolute Gasteiger partial charge is 0.491 e. The second-order valence-corrected chi connectivity index (χ2v) is 5.99. The van der Waals surface area contributed by atoms with Crippen LogP contribution in [0.25, 0.3) is 0 Å². The van der Waals surface area contributed by atoms with E-state index < -0.39 is 6.10 Å². The Hall–Kier alpha value is -0.980. The molecule has 0 radical (unpaired) electrons. The van der Waals surface area contributed by atoms with Crippen LogP contribution in [0.1, 0.15) is 0 Å². The Bertz CT molecular complexity index is 481. The average Bonchev–Trinajstić information content (AvgIpc) is 2.46. The number of hydrogen-bond acceptors (Lipinski definition) is 3. The van der Waals surface area contributed by atoms with Crippen LogP contribution < -0.4 is 10.1 Å². The van der Waals surface area contributed by atoms with Crippen molar-refractivity contribution in [3.8, 4) is 5.75 Å². The lowest BCUT2D eigenvalue weighted by Gasteiger charge is -2.14. The summed E-state index contributed by atoms with van der Waals surface area (Å²) in [4.78, 5) is 0. The molecular formula is C15H15ClINO2. The van der Waals surface area contributed by atoms with Gasteiger partial charge in [0.15, 0.2) is 0 Å². The van der Waals surface area contributed by atoms with E-state index in [9.17, 15) is 5.11 Å². The third kappa shape index (κ3) is 5.19. The van der Waals surface area contributed by atoms with Crippen LogP contribution in [0.4, 0.5) is 5.69 Å². The molecule has 0 aliphatic rings. The van der Waals surface area contributed by atoms with Gasteiger partial charge < -0.3 is 15.2 Å². The molecule has 0 aliphatic carbocycles. The quantitative estimate of drug-likeness (QED) is 0.721. The Morgan fingerprint density at radius 3 is 2.40 bits per heavy atom. The van der Waals surface area contributed by atoms with Crippen molar-refractivity contribution in [2.45, 2.75) is 6.10 Å². The fraction of sp³-hybridized carbons (Fsp3) is 0.200. The van der Waals surface area contributed by atoms with Crippen molar-refractivity contribution in [2.75, 3.05) is 18.5 Å². The second-order valence-electron chi connectivity index (χ2n) is 4.31. The molecule has 2 aromatic rings. The predicted molar refractivity (Wildman–Crippen MR) is 90.6 cm³/mol. The highest BCUT2D eigenvalue weighted by Gasteiger charge is 2.05. The molecule has 0 aliphatic heterocycles. The summed E-state index contributed by atoms with van der Waals surface area (Å²) in [6, 6.07) is 15.1. The summed E-state index contributed by atoms with van der Waals surface area (Å²) >= 11 is 8.04. The standard InChI is InChI=1S/C15H15ClINO2/c16-11-1-7-15(8-2-11)20-10-14(19)9-18-13-5-3-12(17)4-6-13/h1-8,14,18-19H,9-10H2. The summed E-state index contributed by atoms with van der Waals surface area (Å²) in [7, 11) is 0. The smallest absolute Gasteiger partial charge is 0.119 e. The van der Waals surface area contributed by atoms with Gasteiger partial charge in [0.25, 0.3) is 0 Å². The van der Waals surface area contributed by atoms with E-state index >= 15 is 0 Å². The highest BCUT2D eigenvalue weighted by Crippen LogP contribution is 2.16. The van der Waals surface area contributed by atoms with E-state index in [1.54, 1.807) is 24.3 Å². The molecule has 2 rings (SSSR count). The third-order valence-corrected chi connectivity index (χ3v) is 3.61. The molecule has 2 N–H and O–H groups in total. The van der Waals surface area contributed by atoms with Crippen molar-refractivity contribution < 1.29 is 9.84 Å². The van der Waals surface area contributed by atoms with Crippen LogP contribution in [0.5, 0.6) is 5.75 Å². The van der Waals surface area contributed by atoms with Crippen molar-refractivity contribution in [3.63, 3.8) is 0 Å². The Kier molecular flexibility index (Phi) is 5.94. The molecule has 2 aromatic carbocycles. The average molecular weight is 404 g/mol. The van der Waals surface area contributed by atoms with Crippen LogP contribution in [0, 0.1) is 3.57 Å². The zero-order valence-electron chi connectivity index (χ0n) is 10.7. The van der Waals surface area contributed by atoms with Crippen LogP contribution in [0.2, 0.25) is 5.02 Å². The highest BCUT2D eigenvalue weighted by molar-refractivity contribution is 14.1. The molecule has 20 heavy (non-hydrogen) atoms. The molecule has 0 aromatic heterocycles. The van der Waals surface area contributed by atoms with Crippen LogP contribution in [0.15, 0.2) is 48.5 Å². The normalized spacial score (nSPS) is 11.9. The van der Waals surface area contributed by atoms with Gasteiger partial charge in [0.05, 0.1) is 0 Å². The minimum absolute atomic E-state index is 0.235. The lowest BCUT2D eigenvalue weighted by atomic mass is 10.3. The first-order valence-electron chi connectivity index (χ1n) is 6.19. The van der Waals surface area contributed by atoms with Gasteiger partial charge in [-0.15, -0.1) is 0 Å². The fourth-order valence-electron chi connectivity index (χ4n) is 1.59. The first-order valence-corrected chi connectivity index (χ1v) is 7.65. The first-order chi connectivity index (χ1) is 9.63. The maximum absolute atomic E-state index is 9.87. The molecule has 0 bridgehead atoms. The molecule has 5 heteroatoms. The number of aliphatic hydroxyl groups excluding tert-OH is 1. The lowest BCUT2D eigenvalue weighted by Crippen LogP contribution is -2.26. The van der Waals surface area contributed by atoms with Crippen LogP contribution in [-0.2, 0) is 0 Å². The zero-order valence-corrected chi connectivity index (χ0v) is 13.6. The van der Waals surface area contributed by atoms with E-state index in [1.165, 1.54) is 3.57 Å². The number of hydrogen-bond donors (Lipinski definition) is 2. The lowest BCUT2D eigenvalue weighted by molar-refractivity contribution is 0.117. The van der Waals surface area contributed by atoms with Crippen molar-refractivity contribution in [1.29, 1.82) is 0 Å². The van der Waals surface area contributed by atoms with Crippen LogP contribution >= 0.6 is 34.2 Å². The van der Waals surface area contributed by atoms with Gasteiger partial charge in [0.1, 0.15) is 18.5 Å². The van der Waals surface area contributed by atoms with Gasteiger partial charge >= 0.3 is 0 Å². The molecule has 3 nitrogen and oxygen atoms in total. The topological polar surface area (TPSA) is 41.5 Å². The number of anilines is 1. The molecule has 0 fully saturated rings. The van der Waals surface area contributed by atoms with E-state index in [4.69, 9.17) is 16.3 Å². The molecule has 0 spiro atoms. The maximum Gasteiger partial charge on any atom is 0.119 e. The van der Waals surface area contributed by atoms with Gasteiger partial charge in [-0.2, -0.15) is 0 Å². The monoisotopic (exact) mass is 403 g/mol. The first kappa shape index (κ1) is 15.4. The Morgan fingerprint density at radius 2 is 1.75 bits per heavy atom. The van der Waals surface area contributed by atoms with E-state index in [0.29, 0.717) is 17.3 Å². The zero-order chi connectivity index (χ0) is 14.4. The Labute approximate surface area is 137 Å². The van der Waals surface area contributed by atoms with Gasteiger partial charge in [-0.05, 0) is 71.1 Å². The maximum atomic E-state index is 9.87. The fourth-order valence-corrected chi connectivity index (χ4v) is 2.07. The Morgan fingerprint density at radius 1 is 1.10 bits per heavy atom. The van der Waals surface area contributed by atoms with Crippen molar-refractivity contribution in [2.24, 2.45) is 0 Å². The summed E-state index contributed by atoms with van der Waals surface area (Å²) in [6.45, 7) is 0.674. The van der Waals surface area contributed by atoms with Gasteiger partial charge in [-0.1, -0.05) is 11.6 Å². The number of halogens is 2. The minimum Gasteiger partial charge on any atom is -0.491 e. The number of aliphatic hydroxyl groups is 1. The number of ether oxygens (including phenoxy) is 1.